The third-order valence-electron chi connectivity index (χ3n) is 4.68. The van der Waals surface area contributed by atoms with Gasteiger partial charge in [-0.3, -0.25) is 4.79 Å². The summed E-state index contributed by atoms with van der Waals surface area (Å²) in [4.78, 5) is 12.1. The average molecular weight is 362 g/mol. The number of carbonyl (C=O) groups excluding carboxylic acids is 1. The van der Waals surface area contributed by atoms with E-state index in [1.807, 2.05) is 43.3 Å². The van der Waals surface area contributed by atoms with E-state index < -0.39 is 0 Å². The van der Waals surface area contributed by atoms with Crippen LogP contribution in [0.5, 0.6) is 0 Å². The minimum Gasteiger partial charge on any atom is -0.462 e. The fraction of sp³-hybridized carbons (Fsp3) is 0.286. The maximum Gasteiger partial charge on any atom is 0.248 e. The molecule has 0 unspecified atom stereocenters. The van der Waals surface area contributed by atoms with E-state index in [0.29, 0.717) is 5.76 Å². The number of nitrogens with one attached hydrogen (secondary N) is 1. The highest BCUT2D eigenvalue weighted by Gasteiger charge is 2.15. The summed E-state index contributed by atoms with van der Waals surface area (Å²) in [6.07, 6.45) is 7.68. The Morgan fingerprint density at radius 1 is 1.11 bits per heavy atom. The number of furan rings is 1. The van der Waals surface area contributed by atoms with Crippen LogP contribution in [0, 0.1) is 6.92 Å². The number of aryl methyl sites for hydroxylation is 2. The van der Waals surface area contributed by atoms with E-state index in [0.717, 1.165) is 48.0 Å². The van der Waals surface area contributed by atoms with Crippen LogP contribution >= 0.6 is 0 Å². The zero-order valence-electron chi connectivity index (χ0n) is 15.3. The lowest BCUT2D eigenvalue weighted by Crippen LogP contribution is -2.07. The van der Waals surface area contributed by atoms with Gasteiger partial charge >= 0.3 is 0 Å². The Hall–Kier alpha value is -3.15. The van der Waals surface area contributed by atoms with Gasteiger partial charge in [-0.15, -0.1) is 10.2 Å². The fourth-order valence-electron chi connectivity index (χ4n) is 3.29. The zero-order valence-corrected chi connectivity index (χ0v) is 15.3. The third kappa shape index (κ3) is 4.00. The van der Waals surface area contributed by atoms with Gasteiger partial charge in [0.25, 0.3) is 0 Å². The minimum absolute atomic E-state index is 0.201. The number of rotatable bonds is 4. The average Bonchev–Trinajstić information content (AvgIpc) is 3.20. The lowest BCUT2D eigenvalue weighted by atomic mass is 10.2. The maximum atomic E-state index is 12.1. The molecular weight excluding hydrogens is 340 g/mol. The maximum absolute atomic E-state index is 12.1. The van der Waals surface area contributed by atoms with Crippen LogP contribution in [0.4, 0.5) is 5.69 Å². The lowest BCUT2D eigenvalue weighted by molar-refractivity contribution is -0.111. The van der Waals surface area contributed by atoms with Crippen molar-refractivity contribution in [3.63, 3.8) is 0 Å². The topological polar surface area (TPSA) is 73.0 Å². The molecule has 6 heteroatoms. The minimum atomic E-state index is -0.201. The van der Waals surface area contributed by atoms with Crippen LogP contribution in [0.2, 0.25) is 0 Å². The van der Waals surface area contributed by atoms with Crippen LogP contribution in [0.15, 0.2) is 46.9 Å². The Morgan fingerprint density at radius 2 is 1.96 bits per heavy atom. The summed E-state index contributed by atoms with van der Waals surface area (Å²) in [7, 11) is 0. The number of hydrogen-bond donors (Lipinski definition) is 1. The van der Waals surface area contributed by atoms with Crippen molar-refractivity contribution < 1.29 is 9.21 Å². The van der Waals surface area contributed by atoms with E-state index in [1.54, 1.807) is 6.08 Å². The van der Waals surface area contributed by atoms with Crippen molar-refractivity contribution in [1.29, 1.82) is 0 Å². The molecule has 3 heterocycles. The van der Waals surface area contributed by atoms with E-state index in [-0.39, 0.29) is 5.91 Å². The van der Waals surface area contributed by atoms with Gasteiger partial charge < -0.3 is 14.3 Å². The highest BCUT2D eigenvalue weighted by Crippen LogP contribution is 2.24. The Balaban J connectivity index is 1.44. The summed E-state index contributed by atoms with van der Waals surface area (Å²) in [5.74, 6) is 3.24. The smallest absolute Gasteiger partial charge is 0.248 e. The van der Waals surface area contributed by atoms with Crippen molar-refractivity contribution in [2.24, 2.45) is 0 Å². The summed E-state index contributed by atoms with van der Waals surface area (Å²) in [5, 5.41) is 11.6. The number of aromatic nitrogens is 3. The molecule has 4 rings (SSSR count). The van der Waals surface area contributed by atoms with Crippen molar-refractivity contribution in [3.05, 3.63) is 59.8 Å². The van der Waals surface area contributed by atoms with E-state index in [9.17, 15) is 4.79 Å². The summed E-state index contributed by atoms with van der Waals surface area (Å²) < 4.78 is 7.63. The van der Waals surface area contributed by atoms with Gasteiger partial charge in [0.05, 0.1) is 0 Å². The summed E-state index contributed by atoms with van der Waals surface area (Å²) in [6.45, 7) is 2.83. The SMILES string of the molecule is Cc1ccc(/C=C/C(=O)Nc2ccc(-c3nnc4n3CCCCC4)cc2)o1. The highest BCUT2D eigenvalue weighted by atomic mass is 16.3. The van der Waals surface area contributed by atoms with Crippen LogP contribution in [0.25, 0.3) is 17.5 Å². The number of hydrogen-bond acceptors (Lipinski definition) is 4. The molecule has 0 fully saturated rings. The van der Waals surface area contributed by atoms with Crippen LogP contribution in [0.3, 0.4) is 0 Å². The molecule has 0 saturated heterocycles. The Morgan fingerprint density at radius 3 is 2.74 bits per heavy atom. The van der Waals surface area contributed by atoms with Crippen molar-refractivity contribution in [1.82, 2.24) is 14.8 Å². The molecule has 27 heavy (non-hydrogen) atoms. The van der Waals surface area contributed by atoms with Gasteiger partial charge in [-0.1, -0.05) is 6.42 Å². The van der Waals surface area contributed by atoms with Crippen molar-refractivity contribution in [3.8, 4) is 11.4 Å². The molecule has 0 atom stereocenters. The second-order valence-electron chi connectivity index (χ2n) is 6.75. The molecule has 1 N–H and O–H groups in total. The second-order valence-corrected chi connectivity index (χ2v) is 6.75. The standard InChI is InChI=1S/C21H22N4O2/c1-15-6-11-18(27-15)12-13-20(26)22-17-9-7-16(8-10-17)21-24-23-19-5-3-2-4-14-25(19)21/h6-13H,2-5,14H2,1H3,(H,22,26)/b13-12+. The van der Waals surface area contributed by atoms with E-state index in [1.165, 1.54) is 18.9 Å². The van der Waals surface area contributed by atoms with E-state index in [2.05, 4.69) is 20.1 Å². The first-order valence-electron chi connectivity index (χ1n) is 9.27. The highest BCUT2D eigenvalue weighted by molar-refractivity contribution is 6.01. The van der Waals surface area contributed by atoms with Gasteiger partial charge in [0.15, 0.2) is 5.82 Å². The molecule has 0 spiro atoms. The lowest BCUT2D eigenvalue weighted by Gasteiger charge is -2.08. The van der Waals surface area contributed by atoms with Gasteiger partial charge in [0.2, 0.25) is 5.91 Å². The van der Waals surface area contributed by atoms with Crippen LogP contribution in [-0.4, -0.2) is 20.7 Å². The molecular formula is C21H22N4O2. The molecule has 0 aliphatic carbocycles. The number of benzene rings is 1. The molecule has 6 nitrogen and oxygen atoms in total. The summed E-state index contributed by atoms with van der Waals surface area (Å²) in [5.41, 5.74) is 1.75. The number of carbonyl (C=O) groups is 1. The summed E-state index contributed by atoms with van der Waals surface area (Å²) >= 11 is 0. The van der Waals surface area contributed by atoms with Crippen LogP contribution in [0.1, 0.15) is 36.6 Å². The molecule has 1 aliphatic rings. The normalized spacial score (nSPS) is 14.1. The van der Waals surface area contributed by atoms with Crippen molar-refractivity contribution in [2.45, 2.75) is 39.2 Å². The van der Waals surface area contributed by atoms with Crippen LogP contribution in [-0.2, 0) is 17.8 Å². The molecule has 3 aromatic rings. The first-order valence-corrected chi connectivity index (χ1v) is 9.27. The van der Waals surface area contributed by atoms with Gasteiger partial charge in [0.1, 0.15) is 17.3 Å². The third-order valence-corrected chi connectivity index (χ3v) is 4.68. The first-order chi connectivity index (χ1) is 13.2. The Bertz CT molecular complexity index is 966. The molecule has 0 radical (unpaired) electrons. The molecule has 2 aromatic heterocycles. The van der Waals surface area contributed by atoms with E-state index >= 15 is 0 Å². The monoisotopic (exact) mass is 362 g/mol. The molecule has 0 bridgehead atoms. The molecule has 0 saturated carbocycles. The Labute approximate surface area is 157 Å². The zero-order chi connectivity index (χ0) is 18.6. The summed E-state index contributed by atoms with van der Waals surface area (Å²) in [6, 6.07) is 11.4. The Kier molecular flexibility index (Phi) is 4.87. The number of fused-ring (bicyclic) bond motifs is 1. The number of anilines is 1. The predicted molar refractivity (Wildman–Crippen MR) is 104 cm³/mol. The second kappa shape index (κ2) is 7.61. The number of amides is 1. The van der Waals surface area contributed by atoms with E-state index in [4.69, 9.17) is 4.42 Å². The number of nitrogens with zero attached hydrogens (tertiary/aromatic N) is 3. The molecule has 1 aromatic carbocycles. The van der Waals surface area contributed by atoms with Gasteiger partial charge in [-0.05, 0) is 62.2 Å². The molecule has 1 amide bonds. The predicted octanol–water partition coefficient (Wildman–Crippen LogP) is 4.22. The van der Waals surface area contributed by atoms with Crippen molar-refractivity contribution >= 4 is 17.7 Å². The molecule has 1 aliphatic heterocycles. The molecule has 138 valence electrons. The van der Waals surface area contributed by atoms with Crippen molar-refractivity contribution in [2.75, 3.05) is 5.32 Å². The van der Waals surface area contributed by atoms with Gasteiger partial charge in [0, 0.05) is 30.3 Å². The fourth-order valence-corrected chi connectivity index (χ4v) is 3.29. The van der Waals surface area contributed by atoms with Gasteiger partial charge in [-0.2, -0.15) is 0 Å². The van der Waals surface area contributed by atoms with Crippen LogP contribution < -0.4 is 5.32 Å². The quantitative estimate of drug-likeness (QED) is 0.705. The largest absolute Gasteiger partial charge is 0.462 e. The van der Waals surface area contributed by atoms with Gasteiger partial charge in [-0.25, -0.2) is 0 Å². The first kappa shape index (κ1) is 17.3.